The summed E-state index contributed by atoms with van der Waals surface area (Å²) < 4.78 is 1.16. The van der Waals surface area contributed by atoms with Crippen molar-refractivity contribution >= 4 is 21.8 Å². The van der Waals surface area contributed by atoms with Crippen LogP contribution in [-0.2, 0) is 11.2 Å². The van der Waals surface area contributed by atoms with Crippen molar-refractivity contribution in [1.29, 1.82) is 0 Å². The van der Waals surface area contributed by atoms with Gasteiger partial charge in [0.2, 0.25) is 5.91 Å². The first-order chi connectivity index (χ1) is 9.24. The fourth-order valence-electron chi connectivity index (χ4n) is 2.72. The van der Waals surface area contributed by atoms with Crippen LogP contribution in [0.5, 0.6) is 0 Å². The molecule has 3 rings (SSSR count). The van der Waals surface area contributed by atoms with E-state index in [1.54, 1.807) is 0 Å². The highest BCUT2D eigenvalue weighted by Crippen LogP contribution is 2.32. The molecule has 2 N–H and O–H groups in total. The molecule has 4 heteroatoms. The maximum atomic E-state index is 11.5. The van der Waals surface area contributed by atoms with E-state index in [0.29, 0.717) is 12.0 Å². The van der Waals surface area contributed by atoms with Gasteiger partial charge in [-0.25, -0.2) is 0 Å². The molecule has 2 aliphatic carbocycles. The molecule has 0 radical (unpaired) electrons. The number of halogens is 1. The van der Waals surface area contributed by atoms with Crippen molar-refractivity contribution in [1.82, 2.24) is 10.6 Å². The molecule has 1 atom stereocenters. The number of carbonyl (C=O) groups excluding carboxylic acids is 1. The Morgan fingerprint density at radius 3 is 2.89 bits per heavy atom. The number of amides is 1. The average molecular weight is 323 g/mol. The van der Waals surface area contributed by atoms with E-state index in [2.05, 4.69) is 44.8 Å². The molecule has 1 aromatic carbocycles. The summed E-state index contributed by atoms with van der Waals surface area (Å²) in [6.45, 7) is 1.58. The number of hydrogen-bond donors (Lipinski definition) is 2. The van der Waals surface area contributed by atoms with Crippen molar-refractivity contribution in [2.75, 3.05) is 13.1 Å². The Morgan fingerprint density at radius 1 is 1.26 bits per heavy atom. The molecule has 1 unspecified atom stereocenters. The Kier molecular flexibility index (Phi) is 3.89. The topological polar surface area (TPSA) is 41.1 Å². The Morgan fingerprint density at radius 2 is 2.11 bits per heavy atom. The largest absolute Gasteiger partial charge is 0.355 e. The number of benzene rings is 1. The van der Waals surface area contributed by atoms with Crippen LogP contribution in [-0.4, -0.2) is 19.0 Å². The van der Waals surface area contributed by atoms with Crippen LogP contribution >= 0.6 is 15.9 Å². The molecule has 1 aromatic rings. The Hall–Kier alpha value is -0.870. The van der Waals surface area contributed by atoms with Crippen LogP contribution in [0.2, 0.25) is 0 Å². The normalized spacial score (nSPS) is 21.2. The minimum Gasteiger partial charge on any atom is -0.355 e. The standard InChI is InChI=1S/C15H19BrN2O/c16-12-4-5-13-11(9-12)3-6-14(13)17-7-8-18-15(19)10-1-2-10/h4-5,9-10,14,17H,1-3,6-8H2,(H,18,19). The molecule has 0 bridgehead atoms. The Labute approximate surface area is 122 Å². The highest BCUT2D eigenvalue weighted by molar-refractivity contribution is 9.10. The van der Waals surface area contributed by atoms with Gasteiger partial charge < -0.3 is 10.6 Å². The van der Waals surface area contributed by atoms with Gasteiger partial charge in [-0.2, -0.15) is 0 Å². The van der Waals surface area contributed by atoms with Crippen molar-refractivity contribution in [2.45, 2.75) is 31.7 Å². The molecule has 3 nitrogen and oxygen atoms in total. The minimum atomic E-state index is 0.234. The van der Waals surface area contributed by atoms with Crippen LogP contribution in [0.15, 0.2) is 22.7 Å². The van der Waals surface area contributed by atoms with Gasteiger partial charge in [0, 0.05) is 29.5 Å². The van der Waals surface area contributed by atoms with Crippen molar-refractivity contribution < 1.29 is 4.79 Å². The fraction of sp³-hybridized carbons (Fsp3) is 0.533. The van der Waals surface area contributed by atoms with Gasteiger partial charge in [0.05, 0.1) is 0 Å². The first-order valence-corrected chi connectivity index (χ1v) is 7.83. The zero-order chi connectivity index (χ0) is 13.2. The first-order valence-electron chi connectivity index (χ1n) is 7.03. The van der Waals surface area contributed by atoms with E-state index in [9.17, 15) is 4.79 Å². The predicted molar refractivity (Wildman–Crippen MR) is 78.9 cm³/mol. The summed E-state index contributed by atoms with van der Waals surface area (Å²) in [5.74, 6) is 0.544. The van der Waals surface area contributed by atoms with Crippen LogP contribution in [0, 0.1) is 5.92 Å². The van der Waals surface area contributed by atoms with Gasteiger partial charge in [0.15, 0.2) is 0 Å². The summed E-state index contributed by atoms with van der Waals surface area (Å²) in [5.41, 5.74) is 2.85. The van der Waals surface area contributed by atoms with Gasteiger partial charge >= 0.3 is 0 Å². The van der Waals surface area contributed by atoms with E-state index < -0.39 is 0 Å². The molecule has 2 aliphatic rings. The van der Waals surface area contributed by atoms with E-state index in [4.69, 9.17) is 0 Å². The zero-order valence-electron chi connectivity index (χ0n) is 10.9. The number of nitrogens with one attached hydrogen (secondary N) is 2. The van der Waals surface area contributed by atoms with Gasteiger partial charge in [0.25, 0.3) is 0 Å². The van der Waals surface area contributed by atoms with Gasteiger partial charge in [0.1, 0.15) is 0 Å². The third-order valence-electron chi connectivity index (χ3n) is 3.95. The summed E-state index contributed by atoms with van der Waals surface area (Å²) in [7, 11) is 0. The molecule has 1 fully saturated rings. The molecule has 0 aliphatic heterocycles. The zero-order valence-corrected chi connectivity index (χ0v) is 12.5. The first kappa shape index (κ1) is 13.1. The molecular weight excluding hydrogens is 304 g/mol. The number of aryl methyl sites for hydroxylation is 1. The Bertz CT molecular complexity index is 485. The van der Waals surface area contributed by atoms with Gasteiger partial charge in [-0.05, 0) is 48.9 Å². The van der Waals surface area contributed by atoms with E-state index in [-0.39, 0.29) is 5.91 Å². The van der Waals surface area contributed by atoms with Crippen LogP contribution in [0.4, 0.5) is 0 Å². The second-order valence-corrected chi connectivity index (χ2v) is 6.37. The third kappa shape index (κ3) is 3.18. The van der Waals surface area contributed by atoms with Crippen LogP contribution < -0.4 is 10.6 Å². The van der Waals surface area contributed by atoms with E-state index in [1.165, 1.54) is 11.1 Å². The molecule has 1 saturated carbocycles. The third-order valence-corrected chi connectivity index (χ3v) is 4.44. The molecule has 0 spiro atoms. The highest BCUT2D eigenvalue weighted by atomic mass is 79.9. The SMILES string of the molecule is O=C(NCCNC1CCc2cc(Br)ccc21)C1CC1. The second-order valence-electron chi connectivity index (χ2n) is 5.45. The molecule has 19 heavy (non-hydrogen) atoms. The number of carbonyl (C=O) groups is 1. The van der Waals surface area contributed by atoms with Crippen LogP contribution in [0.1, 0.15) is 36.4 Å². The lowest BCUT2D eigenvalue weighted by Gasteiger charge is -2.14. The summed E-state index contributed by atoms with van der Waals surface area (Å²) in [5, 5.41) is 6.53. The smallest absolute Gasteiger partial charge is 0.223 e. The number of hydrogen-bond acceptors (Lipinski definition) is 2. The van der Waals surface area contributed by atoms with Gasteiger partial charge in [-0.1, -0.05) is 22.0 Å². The van der Waals surface area contributed by atoms with Crippen LogP contribution in [0.25, 0.3) is 0 Å². The second kappa shape index (κ2) is 5.63. The highest BCUT2D eigenvalue weighted by Gasteiger charge is 2.29. The van der Waals surface area contributed by atoms with Crippen molar-refractivity contribution in [2.24, 2.45) is 5.92 Å². The predicted octanol–water partition coefficient (Wildman–Crippen LogP) is 2.55. The van der Waals surface area contributed by atoms with Crippen molar-refractivity contribution in [3.8, 4) is 0 Å². The molecule has 0 aromatic heterocycles. The molecule has 102 valence electrons. The van der Waals surface area contributed by atoms with Crippen LogP contribution in [0.3, 0.4) is 0 Å². The summed E-state index contributed by atoms with van der Waals surface area (Å²) in [6.07, 6.45) is 4.44. The summed E-state index contributed by atoms with van der Waals surface area (Å²) in [6, 6.07) is 6.97. The van der Waals surface area contributed by atoms with Crippen molar-refractivity contribution in [3.05, 3.63) is 33.8 Å². The molecule has 1 amide bonds. The number of fused-ring (bicyclic) bond motifs is 1. The lowest BCUT2D eigenvalue weighted by atomic mass is 10.1. The Balaban J connectivity index is 1.45. The van der Waals surface area contributed by atoms with E-state index >= 15 is 0 Å². The monoisotopic (exact) mass is 322 g/mol. The maximum absolute atomic E-state index is 11.5. The fourth-order valence-corrected chi connectivity index (χ4v) is 3.13. The number of rotatable bonds is 5. The lowest BCUT2D eigenvalue weighted by Crippen LogP contribution is -2.33. The van der Waals surface area contributed by atoms with Crippen molar-refractivity contribution in [3.63, 3.8) is 0 Å². The van der Waals surface area contributed by atoms with E-state index in [0.717, 1.165) is 43.2 Å². The minimum absolute atomic E-state index is 0.234. The van der Waals surface area contributed by atoms with E-state index in [1.807, 2.05) is 0 Å². The average Bonchev–Trinajstić information content (AvgIpc) is 3.17. The summed E-state index contributed by atoms with van der Waals surface area (Å²) in [4.78, 5) is 11.5. The molecule has 0 saturated heterocycles. The maximum Gasteiger partial charge on any atom is 0.223 e. The summed E-state index contributed by atoms with van der Waals surface area (Å²) >= 11 is 3.52. The molecular formula is C15H19BrN2O. The van der Waals surface area contributed by atoms with Gasteiger partial charge in [-0.15, -0.1) is 0 Å². The quantitative estimate of drug-likeness (QED) is 0.818. The molecule has 0 heterocycles. The lowest BCUT2D eigenvalue weighted by molar-refractivity contribution is -0.122. The van der Waals surface area contributed by atoms with Gasteiger partial charge in [-0.3, -0.25) is 4.79 Å².